The Labute approximate surface area is 292 Å². The summed E-state index contributed by atoms with van der Waals surface area (Å²) in [6, 6.07) is 54.1. The molecule has 0 spiro atoms. The lowest BCUT2D eigenvalue weighted by molar-refractivity contribution is 1.01. The third kappa shape index (κ3) is 4.01. The zero-order valence-electron chi connectivity index (χ0n) is 27.3. The summed E-state index contributed by atoms with van der Waals surface area (Å²) in [6.07, 6.45) is 5.32. The van der Waals surface area contributed by atoms with Gasteiger partial charge in [0.25, 0.3) is 0 Å². The Bertz CT molecular complexity index is 3040. The molecule has 11 rings (SSSR count). The topological polar surface area (TPSA) is 53.5 Å². The quantitative estimate of drug-likeness (QED) is 0.190. The molecule has 0 radical (unpaired) electrons. The van der Waals surface area contributed by atoms with E-state index in [-0.39, 0.29) is 0 Å². The van der Waals surface area contributed by atoms with Crippen LogP contribution in [0.4, 0.5) is 0 Å². The molecule has 0 atom stereocenters. The van der Waals surface area contributed by atoms with Crippen molar-refractivity contribution in [2.24, 2.45) is 0 Å². The first kappa shape index (κ1) is 27.9. The maximum Gasteiger partial charge on any atom is 0.140 e. The molecule has 5 heterocycles. The average Bonchev–Trinajstić information content (AvgIpc) is 3.84. The zero-order chi connectivity index (χ0) is 33.5. The first-order valence-electron chi connectivity index (χ1n) is 17.1. The third-order valence-electron chi connectivity index (χ3n) is 10.2. The number of pyridine rings is 1. The van der Waals surface area contributed by atoms with E-state index in [1.165, 1.54) is 32.3 Å². The predicted molar refractivity (Wildman–Crippen MR) is 208 cm³/mol. The number of benzene rings is 6. The fourth-order valence-electron chi connectivity index (χ4n) is 8.12. The highest BCUT2D eigenvalue weighted by Gasteiger charge is 2.22. The summed E-state index contributed by atoms with van der Waals surface area (Å²) in [5.41, 5.74) is 9.71. The van der Waals surface area contributed by atoms with Crippen molar-refractivity contribution in [1.82, 2.24) is 28.7 Å². The highest BCUT2D eigenvalue weighted by atomic mass is 15.1. The molecule has 5 aromatic heterocycles. The zero-order valence-corrected chi connectivity index (χ0v) is 27.3. The fourth-order valence-corrected chi connectivity index (χ4v) is 8.12. The number of nitrogens with zero attached hydrogens (tertiary/aromatic N) is 6. The van der Waals surface area contributed by atoms with Crippen LogP contribution in [-0.2, 0) is 0 Å². The number of fused-ring (bicyclic) bond motifs is 9. The van der Waals surface area contributed by atoms with Gasteiger partial charge in [-0.15, -0.1) is 0 Å². The van der Waals surface area contributed by atoms with Gasteiger partial charge >= 0.3 is 0 Å². The highest BCUT2D eigenvalue weighted by Crippen LogP contribution is 2.40. The molecule has 6 heteroatoms. The Hall–Kier alpha value is -7.05. The second-order valence-corrected chi connectivity index (χ2v) is 13.0. The number of para-hydroxylation sites is 6. The Balaban J connectivity index is 1.29. The van der Waals surface area contributed by atoms with E-state index in [1.54, 1.807) is 6.33 Å². The van der Waals surface area contributed by atoms with Crippen LogP contribution in [0.15, 0.2) is 170 Å². The molecule has 238 valence electrons. The van der Waals surface area contributed by atoms with Crippen LogP contribution in [0.25, 0.3) is 93.9 Å². The minimum Gasteiger partial charge on any atom is -0.307 e. The standard InChI is InChI=1S/C45H28N6/c1-6-18-37-31(12-1)32-13-2-7-19-38(32)49(37)42-23-11-17-36-35-16-5-10-22-41(35)51(45(36)42)44-25-29(30-26-46-28-47-27-30)24-43(48-44)50-39-20-8-3-14-33(39)34-15-4-9-21-40(34)50/h1-28H. The van der Waals surface area contributed by atoms with Gasteiger partial charge in [-0.25, -0.2) is 15.0 Å². The molecule has 0 aliphatic rings. The first-order valence-corrected chi connectivity index (χ1v) is 17.1. The van der Waals surface area contributed by atoms with E-state index in [2.05, 4.69) is 175 Å². The minimum atomic E-state index is 0.813. The summed E-state index contributed by atoms with van der Waals surface area (Å²) in [4.78, 5) is 14.4. The van der Waals surface area contributed by atoms with Gasteiger partial charge in [0.2, 0.25) is 0 Å². The Morgan fingerprint density at radius 3 is 1.29 bits per heavy atom. The number of rotatable bonds is 4. The minimum absolute atomic E-state index is 0.813. The van der Waals surface area contributed by atoms with Crippen LogP contribution in [0.1, 0.15) is 0 Å². The normalized spacial score (nSPS) is 11.9. The van der Waals surface area contributed by atoms with Crippen LogP contribution in [0.5, 0.6) is 0 Å². The first-order chi connectivity index (χ1) is 25.3. The van der Waals surface area contributed by atoms with Gasteiger partial charge in [0, 0.05) is 50.3 Å². The molecule has 51 heavy (non-hydrogen) atoms. The van der Waals surface area contributed by atoms with Gasteiger partial charge in [-0.3, -0.25) is 9.13 Å². The van der Waals surface area contributed by atoms with E-state index in [0.717, 1.165) is 61.6 Å². The molecule has 0 amide bonds. The second kappa shape index (κ2) is 10.7. The maximum absolute atomic E-state index is 5.57. The molecule has 0 fully saturated rings. The summed E-state index contributed by atoms with van der Waals surface area (Å²) < 4.78 is 7.03. The van der Waals surface area contributed by atoms with Gasteiger partial charge in [0.05, 0.1) is 38.8 Å². The molecule has 0 saturated heterocycles. The molecule has 0 saturated carbocycles. The summed E-state index contributed by atoms with van der Waals surface area (Å²) in [5, 5.41) is 7.17. The second-order valence-electron chi connectivity index (χ2n) is 13.0. The lowest BCUT2D eigenvalue weighted by atomic mass is 10.1. The molecule has 0 unspecified atom stereocenters. The van der Waals surface area contributed by atoms with Crippen molar-refractivity contribution in [2.45, 2.75) is 0 Å². The van der Waals surface area contributed by atoms with E-state index in [9.17, 15) is 0 Å². The Kier molecular flexibility index (Phi) is 5.86. The van der Waals surface area contributed by atoms with Crippen LogP contribution in [0.2, 0.25) is 0 Å². The van der Waals surface area contributed by atoms with Crippen molar-refractivity contribution in [2.75, 3.05) is 0 Å². The summed E-state index contributed by atoms with van der Waals surface area (Å²) in [5.74, 6) is 1.64. The summed E-state index contributed by atoms with van der Waals surface area (Å²) >= 11 is 0. The monoisotopic (exact) mass is 652 g/mol. The van der Waals surface area contributed by atoms with Gasteiger partial charge in [-0.05, 0) is 54.1 Å². The third-order valence-corrected chi connectivity index (χ3v) is 10.2. The number of aromatic nitrogens is 6. The molecule has 0 bridgehead atoms. The van der Waals surface area contributed by atoms with Gasteiger partial charge in [-0.1, -0.05) is 103 Å². The Morgan fingerprint density at radius 1 is 0.353 bits per heavy atom. The SMILES string of the molecule is c1ccc2c(c1)c1ccccc1n2-c1cc(-c2cncnc2)cc(-n2c3ccccc3c3cccc(-n4c5ccccc5c5ccccc54)c32)n1. The molecular formula is C45H28N6. The van der Waals surface area contributed by atoms with E-state index in [4.69, 9.17) is 4.98 Å². The highest BCUT2D eigenvalue weighted by molar-refractivity contribution is 6.15. The van der Waals surface area contributed by atoms with Gasteiger partial charge in [0.1, 0.15) is 18.0 Å². The van der Waals surface area contributed by atoms with Crippen LogP contribution >= 0.6 is 0 Å². The van der Waals surface area contributed by atoms with E-state index < -0.39 is 0 Å². The van der Waals surface area contributed by atoms with Gasteiger partial charge in [-0.2, -0.15) is 0 Å². The van der Waals surface area contributed by atoms with Crippen molar-refractivity contribution in [3.05, 3.63) is 170 Å². The van der Waals surface area contributed by atoms with Gasteiger partial charge in [0.15, 0.2) is 0 Å². The summed E-state index contributed by atoms with van der Waals surface area (Å²) in [7, 11) is 0. The fraction of sp³-hybridized carbons (Fsp3) is 0. The largest absolute Gasteiger partial charge is 0.307 e. The van der Waals surface area contributed by atoms with Crippen molar-refractivity contribution in [1.29, 1.82) is 0 Å². The lowest BCUT2D eigenvalue weighted by Crippen LogP contribution is -2.06. The molecule has 6 nitrogen and oxygen atoms in total. The van der Waals surface area contributed by atoms with Crippen molar-refractivity contribution >= 4 is 65.4 Å². The van der Waals surface area contributed by atoms with E-state index in [0.29, 0.717) is 0 Å². The van der Waals surface area contributed by atoms with Crippen molar-refractivity contribution in [3.8, 4) is 28.5 Å². The van der Waals surface area contributed by atoms with E-state index in [1.807, 2.05) is 12.4 Å². The molecular weight excluding hydrogens is 625 g/mol. The number of hydrogen-bond donors (Lipinski definition) is 0. The summed E-state index contributed by atoms with van der Waals surface area (Å²) in [6.45, 7) is 0. The molecule has 0 aliphatic heterocycles. The van der Waals surface area contributed by atoms with Crippen LogP contribution in [-0.4, -0.2) is 28.7 Å². The van der Waals surface area contributed by atoms with Crippen LogP contribution in [0, 0.1) is 0 Å². The predicted octanol–water partition coefficient (Wildman–Crippen LogP) is 10.8. The molecule has 0 N–H and O–H groups in total. The molecule has 11 aromatic rings. The van der Waals surface area contributed by atoms with Crippen molar-refractivity contribution < 1.29 is 0 Å². The molecule has 0 aliphatic carbocycles. The lowest BCUT2D eigenvalue weighted by Gasteiger charge is -2.16. The molecule has 6 aromatic carbocycles. The Morgan fingerprint density at radius 2 is 0.765 bits per heavy atom. The van der Waals surface area contributed by atoms with Gasteiger partial charge < -0.3 is 4.57 Å². The smallest absolute Gasteiger partial charge is 0.140 e. The average molecular weight is 653 g/mol. The van der Waals surface area contributed by atoms with E-state index >= 15 is 0 Å². The van der Waals surface area contributed by atoms with Crippen LogP contribution in [0.3, 0.4) is 0 Å². The maximum atomic E-state index is 5.57. The van der Waals surface area contributed by atoms with Crippen molar-refractivity contribution in [3.63, 3.8) is 0 Å². The number of hydrogen-bond acceptors (Lipinski definition) is 3. The van der Waals surface area contributed by atoms with Crippen LogP contribution < -0.4 is 0 Å².